The van der Waals surface area contributed by atoms with Crippen LogP contribution in [-0.2, 0) is 25.7 Å². The first kappa shape index (κ1) is 47.3. The summed E-state index contributed by atoms with van der Waals surface area (Å²) in [6.45, 7) is 0. The summed E-state index contributed by atoms with van der Waals surface area (Å²) in [6, 6.07) is 0. The lowest BCUT2D eigenvalue weighted by Crippen LogP contribution is -2.23. The van der Waals surface area contributed by atoms with Gasteiger partial charge in [-0.1, -0.05) is 23.5 Å². The fourth-order valence-corrected chi connectivity index (χ4v) is 13.0. The van der Waals surface area contributed by atoms with Crippen molar-refractivity contribution < 1.29 is 38.9 Å². The van der Waals surface area contributed by atoms with Crippen LogP contribution in [0.2, 0.25) is 0 Å². The van der Waals surface area contributed by atoms with Gasteiger partial charge in [-0.3, -0.25) is 4.79 Å². The molecule has 0 spiro atoms. The number of nitrogens with one attached hydrogen (secondary N) is 2. The lowest BCUT2D eigenvalue weighted by molar-refractivity contribution is -0.196. The third-order valence-corrected chi connectivity index (χ3v) is 17.2. The maximum absolute atomic E-state index is 12.0. The van der Waals surface area contributed by atoms with Crippen LogP contribution in [0.3, 0.4) is 0 Å². The summed E-state index contributed by atoms with van der Waals surface area (Å²) in [5.74, 6) is 2.80. The van der Waals surface area contributed by atoms with Crippen molar-refractivity contribution in [2.24, 2.45) is 9.98 Å². The molecule has 25 heteroatoms. The quantitative estimate of drug-likeness (QED) is 0.0110. The number of hydrogen-bond acceptors (Lipinski definition) is 22. The highest BCUT2D eigenvalue weighted by molar-refractivity contribution is 8.30. The van der Waals surface area contributed by atoms with E-state index < -0.39 is 17.3 Å². The number of rotatable bonds is 33. The number of thioether (sulfide) groups is 12. The fourth-order valence-electron chi connectivity index (χ4n) is 1.75. The maximum Gasteiger partial charge on any atom is 0.408 e. The third kappa shape index (κ3) is 40.6. The van der Waals surface area contributed by atoms with Crippen LogP contribution < -0.4 is 10.6 Å². The number of nitrogens with zero attached hydrogens (tertiary/aromatic N) is 2. The molecule has 0 aliphatic heterocycles. The molecule has 0 rings (SSSR count). The zero-order valence-electron chi connectivity index (χ0n) is 24.0. The van der Waals surface area contributed by atoms with E-state index in [1.165, 1.54) is 82.5 Å². The van der Waals surface area contributed by atoms with Gasteiger partial charge in [-0.2, -0.15) is 4.89 Å². The van der Waals surface area contributed by atoms with E-state index in [0.717, 1.165) is 25.4 Å². The minimum Gasteiger partial charge on any atom is -0.610 e. The van der Waals surface area contributed by atoms with Crippen LogP contribution in [0.5, 0.6) is 0 Å². The van der Waals surface area contributed by atoms with E-state index in [9.17, 15) is 14.1 Å². The molecule has 1 unspecified atom stereocenters. The van der Waals surface area contributed by atoms with Gasteiger partial charge in [0.05, 0.1) is 35.4 Å². The number of carbonyl (C=O) groups is 2. The van der Waals surface area contributed by atoms with Crippen LogP contribution in [0, 0.1) is 0 Å². The number of aliphatic hydroxyl groups excluding tert-OH is 2. The van der Waals surface area contributed by atoms with Crippen LogP contribution >= 0.6 is 141 Å². The molecule has 2 amide bonds. The molecule has 1 atom stereocenters. The van der Waals surface area contributed by atoms with Gasteiger partial charge in [0.2, 0.25) is 11.9 Å². The molecule has 0 aromatic rings. The normalized spacial score (nSPS) is 12.2. The Hall–Kier alpha value is 2.27. The molecule has 0 aliphatic rings. The topological polar surface area (TPSA) is 174 Å². The van der Waals surface area contributed by atoms with Gasteiger partial charge < -0.3 is 35.0 Å². The smallest absolute Gasteiger partial charge is 0.408 e. The molecule has 0 saturated carbocycles. The van der Waals surface area contributed by atoms with Gasteiger partial charge in [-0.05, 0) is 0 Å². The monoisotopic (exact) mass is 878 g/mol. The van der Waals surface area contributed by atoms with Crippen molar-refractivity contribution in [3.63, 3.8) is 0 Å². The van der Waals surface area contributed by atoms with Crippen molar-refractivity contribution in [3.05, 3.63) is 0 Å². The third-order valence-electron chi connectivity index (χ3n) is 3.41. The molecular weight excluding hydrogens is 841 g/mol. The van der Waals surface area contributed by atoms with Gasteiger partial charge in [-0.15, -0.1) is 118 Å². The molecule has 0 heterocycles. The summed E-state index contributed by atoms with van der Waals surface area (Å²) >= 11 is 17.1. The van der Waals surface area contributed by atoms with Crippen molar-refractivity contribution in [3.8, 4) is 0 Å². The number of hydrogen-bond donors (Lipinski definition) is 4. The highest BCUT2D eigenvalue weighted by atomic mass is 32.3. The lowest BCUT2D eigenvalue weighted by Gasteiger charge is -2.06. The molecule has 0 fully saturated rings. The van der Waals surface area contributed by atoms with Gasteiger partial charge in [0.25, 0.3) is 5.24 Å². The summed E-state index contributed by atoms with van der Waals surface area (Å²) in [7, 11) is 0. The van der Waals surface area contributed by atoms with Crippen LogP contribution in [0.1, 0.15) is 0 Å². The van der Waals surface area contributed by atoms with E-state index in [0.29, 0.717) is 44.7 Å². The molecule has 0 aromatic carbocycles. The van der Waals surface area contributed by atoms with Crippen LogP contribution in [-0.4, -0.2) is 126 Å². The Morgan fingerprint density at radius 3 is 2.04 bits per heavy atom. The highest BCUT2D eigenvalue weighted by Gasteiger charge is 2.05. The van der Waals surface area contributed by atoms with E-state index in [1.807, 2.05) is 0 Å². The standard InChI is InChI=1S/C20H38N4O8S13/c25-7-37-13-39-9-30-19(27)23-4-35-12-34-3-22-6-45(29)18-43-16-41-15-42-17-44-20(28)24-5-36-11-33-2-21-1-31-32-10-40-14-38-8-26/h1,6,25-26H,2-5,7-18H2,(H,23,27)(H,24,28)/b21-1-,22-6-. The second-order valence-electron chi connectivity index (χ2n) is 6.62. The van der Waals surface area contributed by atoms with Gasteiger partial charge >= 0.3 is 6.09 Å². The first-order valence-corrected chi connectivity index (χ1v) is 27.2. The molecule has 0 aliphatic carbocycles. The molecular formula is C20H38N4O8S13. The van der Waals surface area contributed by atoms with E-state index in [1.54, 1.807) is 70.6 Å². The van der Waals surface area contributed by atoms with Crippen molar-refractivity contribution >= 4 is 176 Å². The second-order valence-corrected chi connectivity index (χ2v) is 22.4. The Labute approximate surface area is 319 Å². The zero-order chi connectivity index (χ0) is 32.9. The maximum atomic E-state index is 12.0. The van der Waals surface area contributed by atoms with Crippen LogP contribution in [0.25, 0.3) is 0 Å². The largest absolute Gasteiger partial charge is 0.610 e. The average Bonchev–Trinajstić information content (AvgIpc) is 3.03. The van der Waals surface area contributed by atoms with Crippen molar-refractivity contribution in [1.29, 1.82) is 0 Å². The number of ether oxygens (including phenoxy) is 1. The number of aliphatic imine (C=N–C) groups is 2. The Kier molecular flexibility index (Phi) is 42.8. The first-order chi connectivity index (χ1) is 22.1. The number of carbonyl (C=O) groups excluding carboxylic acids is 2. The van der Waals surface area contributed by atoms with Crippen molar-refractivity contribution in [2.45, 2.75) is 0 Å². The van der Waals surface area contributed by atoms with Crippen molar-refractivity contribution in [2.75, 3.05) is 87.9 Å². The van der Waals surface area contributed by atoms with Gasteiger partial charge in [0.1, 0.15) is 11.9 Å². The number of alkyl carbamates (subject to hydrolysis) is 1. The highest BCUT2D eigenvalue weighted by Crippen LogP contribution is 2.22. The SMILES string of the molecule is O=C(NCSCSC/N=C\[S+]([O-])CSCSCSCSC(=O)NCSCSC/N=C\OOCSCSCO)OCSCSCO. The van der Waals surface area contributed by atoms with Crippen LogP contribution in [0.15, 0.2) is 9.98 Å². The Morgan fingerprint density at radius 1 is 0.711 bits per heavy atom. The summed E-state index contributed by atoms with van der Waals surface area (Å²) in [5.41, 5.74) is 1.49. The lowest BCUT2D eigenvalue weighted by atomic mass is 11.1. The minimum atomic E-state index is -1.11. The molecule has 264 valence electrons. The van der Waals surface area contributed by atoms with Gasteiger partial charge in [0.15, 0.2) is 5.08 Å². The Balaban J connectivity index is 3.39. The predicted octanol–water partition coefficient (Wildman–Crippen LogP) is 6.28. The molecule has 12 nitrogen and oxygen atoms in total. The molecule has 0 saturated heterocycles. The van der Waals surface area contributed by atoms with Gasteiger partial charge in [0, 0.05) is 46.8 Å². The van der Waals surface area contributed by atoms with Crippen LogP contribution in [0.4, 0.5) is 9.59 Å². The molecule has 4 N–H and O–H groups in total. The Bertz CT molecular complexity index is 744. The van der Waals surface area contributed by atoms with E-state index in [-0.39, 0.29) is 23.1 Å². The first-order valence-electron chi connectivity index (χ1n) is 12.1. The Morgan fingerprint density at radius 2 is 1.31 bits per heavy atom. The molecule has 0 radical (unpaired) electrons. The van der Waals surface area contributed by atoms with E-state index in [2.05, 4.69) is 20.6 Å². The zero-order valence-corrected chi connectivity index (χ0v) is 34.6. The van der Waals surface area contributed by atoms with E-state index in [4.69, 9.17) is 24.7 Å². The van der Waals surface area contributed by atoms with Gasteiger partial charge in [-0.25, -0.2) is 14.8 Å². The summed E-state index contributed by atoms with van der Waals surface area (Å²) in [5, 5.41) is 28.5. The number of amides is 2. The predicted molar refractivity (Wildman–Crippen MR) is 219 cm³/mol. The fraction of sp³-hybridized carbons (Fsp3) is 0.800. The average molecular weight is 879 g/mol. The van der Waals surface area contributed by atoms with Crippen molar-refractivity contribution in [1.82, 2.24) is 10.6 Å². The molecule has 45 heavy (non-hydrogen) atoms. The summed E-state index contributed by atoms with van der Waals surface area (Å²) in [6.07, 6.45) is 0.800. The second kappa shape index (κ2) is 40.7. The summed E-state index contributed by atoms with van der Waals surface area (Å²) in [4.78, 5) is 41.3. The molecule has 0 aromatic heterocycles. The van der Waals surface area contributed by atoms with E-state index >= 15 is 0 Å². The molecule has 0 bridgehead atoms. The minimum absolute atomic E-state index is 0.0400. The summed E-state index contributed by atoms with van der Waals surface area (Å²) < 4.78 is 17.0. The number of aliphatic hydroxyl groups is 2.